The van der Waals surface area contributed by atoms with Crippen molar-refractivity contribution >= 4 is 5.91 Å². The fourth-order valence-electron chi connectivity index (χ4n) is 4.03. The molecule has 2 fully saturated rings. The summed E-state index contributed by atoms with van der Waals surface area (Å²) in [6.07, 6.45) is 3.20. The van der Waals surface area contributed by atoms with Gasteiger partial charge in [0.15, 0.2) is 0 Å². The highest BCUT2D eigenvalue weighted by atomic mass is 16.3. The lowest BCUT2D eigenvalue weighted by molar-refractivity contribution is -0.134. The Labute approximate surface area is 144 Å². The van der Waals surface area contributed by atoms with Gasteiger partial charge in [-0.2, -0.15) is 0 Å². The van der Waals surface area contributed by atoms with Crippen LogP contribution in [0, 0.1) is 12.3 Å². The molecule has 0 unspecified atom stereocenters. The van der Waals surface area contributed by atoms with Crippen molar-refractivity contribution in [2.24, 2.45) is 5.41 Å². The van der Waals surface area contributed by atoms with Crippen LogP contribution in [0.5, 0.6) is 0 Å². The van der Waals surface area contributed by atoms with Crippen molar-refractivity contribution in [2.75, 3.05) is 32.8 Å². The normalized spacial score (nSPS) is 22.7. The summed E-state index contributed by atoms with van der Waals surface area (Å²) in [5.74, 6) is 0.128. The zero-order valence-electron chi connectivity index (χ0n) is 14.6. The zero-order valence-corrected chi connectivity index (χ0v) is 14.6. The number of benzene rings is 1. The fraction of sp³-hybridized carbons (Fsp3) is 0.632. The molecule has 0 saturated carbocycles. The molecule has 2 aliphatic rings. The standard InChI is InChI=1S/C19H29N3O2/c1-15-4-2-3-5-16(15)13-22(10-11-23)18(24)17-12-19(14-21-17)6-8-20-9-7-19/h2-5,17,20-21,23H,6-14H2,1H3/t17-/m0/s1. The SMILES string of the molecule is Cc1ccccc1CN(CCO)C(=O)[C@@H]1CC2(CCNCC2)CN1. The van der Waals surface area contributed by atoms with Crippen LogP contribution in [0.25, 0.3) is 0 Å². The third-order valence-corrected chi connectivity index (χ3v) is 5.63. The van der Waals surface area contributed by atoms with E-state index < -0.39 is 0 Å². The number of aryl methyl sites for hydroxylation is 1. The van der Waals surface area contributed by atoms with Gasteiger partial charge in [0.25, 0.3) is 0 Å². The van der Waals surface area contributed by atoms with Gasteiger partial charge in [-0.1, -0.05) is 24.3 Å². The molecule has 2 heterocycles. The number of rotatable bonds is 5. The Morgan fingerprint density at radius 3 is 2.79 bits per heavy atom. The number of nitrogens with zero attached hydrogens (tertiary/aromatic N) is 1. The van der Waals surface area contributed by atoms with Crippen molar-refractivity contribution in [3.05, 3.63) is 35.4 Å². The first kappa shape index (κ1) is 17.4. The van der Waals surface area contributed by atoms with Gasteiger partial charge >= 0.3 is 0 Å². The first-order valence-electron chi connectivity index (χ1n) is 9.02. The van der Waals surface area contributed by atoms with E-state index >= 15 is 0 Å². The average Bonchev–Trinajstić information content (AvgIpc) is 3.00. The highest BCUT2D eigenvalue weighted by molar-refractivity contribution is 5.82. The van der Waals surface area contributed by atoms with Gasteiger partial charge in [0.05, 0.1) is 12.6 Å². The summed E-state index contributed by atoms with van der Waals surface area (Å²) in [6.45, 7) is 6.05. The molecule has 3 N–H and O–H groups in total. The summed E-state index contributed by atoms with van der Waals surface area (Å²) in [5.41, 5.74) is 2.61. The van der Waals surface area contributed by atoms with Crippen molar-refractivity contribution < 1.29 is 9.90 Å². The maximum Gasteiger partial charge on any atom is 0.240 e. The van der Waals surface area contributed by atoms with Crippen LogP contribution >= 0.6 is 0 Å². The predicted molar refractivity (Wildman–Crippen MR) is 94.6 cm³/mol. The van der Waals surface area contributed by atoms with Crippen LogP contribution in [-0.4, -0.2) is 54.7 Å². The van der Waals surface area contributed by atoms with Crippen LogP contribution in [-0.2, 0) is 11.3 Å². The second-order valence-corrected chi connectivity index (χ2v) is 7.30. The van der Waals surface area contributed by atoms with Crippen molar-refractivity contribution in [2.45, 2.75) is 38.8 Å². The molecule has 0 aromatic heterocycles. The van der Waals surface area contributed by atoms with Crippen molar-refractivity contribution in [1.29, 1.82) is 0 Å². The van der Waals surface area contributed by atoms with Crippen LogP contribution in [0.1, 0.15) is 30.4 Å². The maximum atomic E-state index is 13.0. The number of aliphatic hydroxyl groups is 1. The summed E-state index contributed by atoms with van der Waals surface area (Å²) in [5, 5.41) is 16.3. The minimum atomic E-state index is -0.112. The monoisotopic (exact) mass is 331 g/mol. The van der Waals surface area contributed by atoms with E-state index in [1.807, 2.05) is 12.1 Å². The first-order valence-corrected chi connectivity index (χ1v) is 9.02. The number of carbonyl (C=O) groups is 1. The number of hydrogen-bond donors (Lipinski definition) is 3. The molecule has 1 atom stereocenters. The summed E-state index contributed by atoms with van der Waals surface area (Å²) in [7, 11) is 0. The van der Waals surface area contributed by atoms with Gasteiger partial charge in [-0.3, -0.25) is 4.79 Å². The highest BCUT2D eigenvalue weighted by Gasteiger charge is 2.43. The predicted octanol–water partition coefficient (Wildman–Crippen LogP) is 1.05. The van der Waals surface area contributed by atoms with Gasteiger partial charge in [-0.05, 0) is 55.8 Å². The maximum absolute atomic E-state index is 13.0. The Bertz CT molecular complexity index is 569. The lowest BCUT2D eigenvalue weighted by Gasteiger charge is -2.33. The molecule has 3 rings (SSSR count). The Kier molecular flexibility index (Phi) is 5.54. The molecule has 5 heteroatoms. The first-order chi connectivity index (χ1) is 11.6. The number of amides is 1. The second-order valence-electron chi connectivity index (χ2n) is 7.30. The Morgan fingerprint density at radius 2 is 2.08 bits per heavy atom. The molecule has 0 bridgehead atoms. The van der Waals surface area contributed by atoms with Crippen LogP contribution in [0.3, 0.4) is 0 Å². The molecule has 24 heavy (non-hydrogen) atoms. The van der Waals surface area contributed by atoms with E-state index in [-0.39, 0.29) is 24.0 Å². The molecular weight excluding hydrogens is 302 g/mol. The van der Waals surface area contributed by atoms with Gasteiger partial charge in [0, 0.05) is 19.6 Å². The molecule has 1 spiro atoms. The van der Waals surface area contributed by atoms with E-state index in [0.717, 1.165) is 44.5 Å². The molecule has 1 aromatic rings. The van der Waals surface area contributed by atoms with Gasteiger partial charge in [0.2, 0.25) is 5.91 Å². The molecule has 2 aliphatic heterocycles. The topological polar surface area (TPSA) is 64.6 Å². The Balaban J connectivity index is 1.67. The van der Waals surface area contributed by atoms with E-state index in [9.17, 15) is 9.90 Å². The third-order valence-electron chi connectivity index (χ3n) is 5.63. The van der Waals surface area contributed by atoms with Gasteiger partial charge in [-0.15, -0.1) is 0 Å². The number of aliphatic hydroxyl groups excluding tert-OH is 1. The van der Waals surface area contributed by atoms with Gasteiger partial charge < -0.3 is 20.6 Å². The number of piperidine rings is 1. The molecule has 1 amide bonds. The van der Waals surface area contributed by atoms with E-state index in [4.69, 9.17) is 0 Å². The fourth-order valence-corrected chi connectivity index (χ4v) is 4.03. The lowest BCUT2D eigenvalue weighted by Crippen LogP contribution is -2.44. The highest BCUT2D eigenvalue weighted by Crippen LogP contribution is 2.37. The zero-order chi connectivity index (χ0) is 17.0. The largest absolute Gasteiger partial charge is 0.395 e. The summed E-state index contributed by atoms with van der Waals surface area (Å²) in [6, 6.07) is 8.02. The molecule has 2 saturated heterocycles. The van der Waals surface area contributed by atoms with E-state index in [0.29, 0.717) is 13.1 Å². The molecule has 132 valence electrons. The quantitative estimate of drug-likeness (QED) is 0.755. The van der Waals surface area contributed by atoms with Crippen LogP contribution in [0.15, 0.2) is 24.3 Å². The number of nitrogens with one attached hydrogen (secondary N) is 2. The third kappa shape index (κ3) is 3.79. The van der Waals surface area contributed by atoms with E-state index in [1.165, 1.54) is 5.56 Å². The molecule has 1 aromatic carbocycles. The van der Waals surface area contributed by atoms with Crippen LogP contribution < -0.4 is 10.6 Å². The smallest absolute Gasteiger partial charge is 0.240 e. The summed E-state index contributed by atoms with van der Waals surface area (Å²) < 4.78 is 0. The summed E-state index contributed by atoms with van der Waals surface area (Å²) in [4.78, 5) is 14.8. The van der Waals surface area contributed by atoms with Crippen LogP contribution in [0.4, 0.5) is 0 Å². The van der Waals surface area contributed by atoms with Crippen molar-refractivity contribution in [3.8, 4) is 0 Å². The van der Waals surface area contributed by atoms with E-state index in [1.54, 1.807) is 4.90 Å². The van der Waals surface area contributed by atoms with Gasteiger partial charge in [-0.25, -0.2) is 0 Å². The van der Waals surface area contributed by atoms with Gasteiger partial charge in [0.1, 0.15) is 0 Å². The van der Waals surface area contributed by atoms with Crippen molar-refractivity contribution in [3.63, 3.8) is 0 Å². The molecule has 0 aliphatic carbocycles. The van der Waals surface area contributed by atoms with Crippen LogP contribution in [0.2, 0.25) is 0 Å². The summed E-state index contributed by atoms with van der Waals surface area (Å²) >= 11 is 0. The Morgan fingerprint density at radius 1 is 1.33 bits per heavy atom. The molecule has 0 radical (unpaired) electrons. The molecule has 5 nitrogen and oxygen atoms in total. The van der Waals surface area contributed by atoms with E-state index in [2.05, 4.69) is 29.7 Å². The average molecular weight is 331 g/mol. The lowest BCUT2D eigenvalue weighted by atomic mass is 9.77. The minimum absolute atomic E-state index is 0.000591. The van der Waals surface area contributed by atoms with Crippen molar-refractivity contribution in [1.82, 2.24) is 15.5 Å². The minimum Gasteiger partial charge on any atom is -0.395 e. The second kappa shape index (κ2) is 7.64. The molecular formula is C19H29N3O2. The Hall–Kier alpha value is -1.43. The number of hydrogen-bond acceptors (Lipinski definition) is 4. The number of carbonyl (C=O) groups excluding carboxylic acids is 1.